The molecule has 0 spiro atoms. The molecule has 98 valence electrons. The first-order chi connectivity index (χ1) is 7.77. The zero-order valence-corrected chi connectivity index (χ0v) is 9.44. The summed E-state index contributed by atoms with van der Waals surface area (Å²) in [5.41, 5.74) is 0. The largest absolute Gasteiger partial charge is 0.673 e. The van der Waals surface area contributed by atoms with Crippen molar-refractivity contribution in [1.82, 2.24) is 4.57 Å². The number of halogens is 4. The van der Waals surface area contributed by atoms with Crippen molar-refractivity contribution in [3.63, 3.8) is 0 Å². The third-order valence-corrected chi connectivity index (χ3v) is 1.78. The molecule has 0 radical (unpaired) electrons. The minimum absolute atomic E-state index is 0.406. The summed E-state index contributed by atoms with van der Waals surface area (Å²) in [6.07, 6.45) is 8.55. The van der Waals surface area contributed by atoms with Gasteiger partial charge in [0.25, 0.3) is 6.33 Å². The number of imidazole rings is 1. The van der Waals surface area contributed by atoms with Crippen LogP contribution in [-0.4, -0.2) is 16.9 Å². The number of rotatable bonds is 4. The molecule has 17 heavy (non-hydrogen) atoms. The molecule has 1 N–H and O–H groups in total. The molecular weight excluding hydrogens is 239 g/mol. The average molecular weight is 254 g/mol. The fourth-order valence-electron chi connectivity index (χ4n) is 1.08. The lowest BCUT2D eigenvalue weighted by Gasteiger charge is -2.02. The number of hydrogen-bond acceptors (Lipinski definition) is 1. The number of nitrogens with zero attached hydrogens (tertiary/aromatic N) is 2. The van der Waals surface area contributed by atoms with Crippen molar-refractivity contribution < 1.29 is 26.9 Å². The molecule has 3 nitrogen and oxygen atoms in total. The molecule has 0 amide bonds. The SMILES string of the molecule is C=Cn1cc[n+](C(O)CCC)c1.F[B-](F)(F)F. The molecule has 1 aromatic heterocycles. The van der Waals surface area contributed by atoms with Crippen LogP contribution >= 0.6 is 0 Å². The first-order valence-corrected chi connectivity index (χ1v) is 5.04. The number of aromatic nitrogens is 2. The van der Waals surface area contributed by atoms with E-state index < -0.39 is 13.5 Å². The van der Waals surface area contributed by atoms with Gasteiger partial charge in [0.15, 0.2) is 6.23 Å². The zero-order valence-electron chi connectivity index (χ0n) is 9.44. The Bertz CT molecular complexity index is 334. The van der Waals surface area contributed by atoms with Crippen LogP contribution in [0.3, 0.4) is 0 Å². The molecule has 1 rings (SSSR count). The van der Waals surface area contributed by atoms with E-state index in [4.69, 9.17) is 0 Å². The van der Waals surface area contributed by atoms with Crippen LogP contribution in [0.1, 0.15) is 26.0 Å². The predicted octanol–water partition coefficient (Wildman–Crippen LogP) is 2.47. The molecule has 0 saturated carbocycles. The Morgan fingerprint density at radius 1 is 1.47 bits per heavy atom. The highest BCUT2D eigenvalue weighted by atomic mass is 19.5. The van der Waals surface area contributed by atoms with Crippen LogP contribution in [0.25, 0.3) is 6.20 Å². The lowest BCUT2D eigenvalue weighted by atomic mass is 10.3. The predicted molar refractivity (Wildman–Crippen MR) is 57.4 cm³/mol. The minimum Gasteiger partial charge on any atom is -0.418 e. The highest BCUT2D eigenvalue weighted by Gasteiger charge is 2.20. The van der Waals surface area contributed by atoms with Gasteiger partial charge in [0.1, 0.15) is 12.4 Å². The number of aliphatic hydroxyl groups excluding tert-OH is 1. The lowest BCUT2D eigenvalue weighted by molar-refractivity contribution is -0.759. The summed E-state index contributed by atoms with van der Waals surface area (Å²) in [5.74, 6) is 0. The molecule has 0 aliphatic heterocycles. The summed E-state index contributed by atoms with van der Waals surface area (Å²) in [6, 6.07) is 0. The van der Waals surface area contributed by atoms with Crippen LogP contribution in [0.5, 0.6) is 0 Å². The summed E-state index contributed by atoms with van der Waals surface area (Å²) in [4.78, 5) is 0. The van der Waals surface area contributed by atoms with E-state index in [2.05, 4.69) is 6.58 Å². The second kappa shape index (κ2) is 7.11. The molecule has 0 saturated heterocycles. The van der Waals surface area contributed by atoms with Crippen LogP contribution in [-0.2, 0) is 0 Å². The van der Waals surface area contributed by atoms with E-state index in [1.54, 1.807) is 15.3 Å². The zero-order chi connectivity index (χ0) is 13.5. The molecule has 0 aliphatic rings. The van der Waals surface area contributed by atoms with E-state index in [0.717, 1.165) is 12.8 Å². The fraction of sp³-hybridized carbons (Fsp3) is 0.444. The summed E-state index contributed by atoms with van der Waals surface area (Å²) >= 11 is 0. The molecule has 1 atom stereocenters. The van der Waals surface area contributed by atoms with E-state index in [1.807, 2.05) is 25.6 Å². The Balaban J connectivity index is 0.000000437. The Kier molecular flexibility index (Phi) is 6.56. The molecule has 1 unspecified atom stereocenters. The molecule has 8 heteroatoms. The van der Waals surface area contributed by atoms with E-state index in [0.29, 0.717) is 0 Å². The van der Waals surface area contributed by atoms with Gasteiger partial charge in [0.2, 0.25) is 0 Å². The molecule has 1 aromatic rings. The third kappa shape index (κ3) is 8.50. The summed E-state index contributed by atoms with van der Waals surface area (Å²) in [5, 5.41) is 9.54. The maximum atomic E-state index is 9.75. The molecular formula is C9H15BF4N2O. The molecule has 0 aromatic carbocycles. The highest BCUT2D eigenvalue weighted by Crippen LogP contribution is 2.06. The van der Waals surface area contributed by atoms with Crippen molar-refractivity contribution in [2.75, 3.05) is 0 Å². The van der Waals surface area contributed by atoms with Crippen molar-refractivity contribution in [2.24, 2.45) is 0 Å². The molecule has 0 bridgehead atoms. The fourth-order valence-corrected chi connectivity index (χ4v) is 1.08. The number of aliphatic hydroxyl groups is 1. The molecule has 0 fully saturated rings. The summed E-state index contributed by atoms with van der Waals surface area (Å²) < 4.78 is 42.6. The van der Waals surface area contributed by atoms with Gasteiger partial charge in [0.05, 0.1) is 6.20 Å². The normalized spacial score (nSPS) is 12.6. The van der Waals surface area contributed by atoms with Crippen LogP contribution < -0.4 is 4.57 Å². The topological polar surface area (TPSA) is 29.0 Å². The lowest BCUT2D eigenvalue weighted by Crippen LogP contribution is -2.36. The highest BCUT2D eigenvalue weighted by molar-refractivity contribution is 6.50. The second-order valence-electron chi connectivity index (χ2n) is 3.25. The monoisotopic (exact) mass is 254 g/mol. The summed E-state index contributed by atoms with van der Waals surface area (Å²) in [6.45, 7) is 5.67. The minimum atomic E-state index is -6.00. The van der Waals surface area contributed by atoms with Gasteiger partial charge in [-0.15, -0.1) is 0 Å². The van der Waals surface area contributed by atoms with E-state index >= 15 is 0 Å². The molecule has 1 heterocycles. The van der Waals surface area contributed by atoms with Crippen molar-refractivity contribution in [2.45, 2.75) is 26.0 Å². The van der Waals surface area contributed by atoms with E-state index in [1.165, 1.54) is 0 Å². The average Bonchev–Trinajstić information content (AvgIpc) is 2.63. The van der Waals surface area contributed by atoms with E-state index in [-0.39, 0.29) is 0 Å². The van der Waals surface area contributed by atoms with Gasteiger partial charge in [-0.25, -0.2) is 9.13 Å². The molecule has 0 aliphatic carbocycles. The van der Waals surface area contributed by atoms with Gasteiger partial charge in [-0.2, -0.15) is 0 Å². The maximum Gasteiger partial charge on any atom is 0.673 e. The summed E-state index contributed by atoms with van der Waals surface area (Å²) in [7, 11) is -6.00. The van der Waals surface area contributed by atoms with Crippen molar-refractivity contribution in [3.05, 3.63) is 25.3 Å². The quantitative estimate of drug-likeness (QED) is 0.499. The maximum absolute atomic E-state index is 9.75. The standard InChI is InChI=1S/C9H15N2O.BF4/c1-3-5-9(12)11-7-6-10(4-2)8-11;2-1(3,4)5/h4,6-9,12H,2-3,5H2,1H3;/q+1;-1. The first kappa shape index (κ1) is 15.7. The van der Waals surface area contributed by atoms with Gasteiger partial charge in [0, 0.05) is 6.42 Å². The third-order valence-electron chi connectivity index (χ3n) is 1.78. The Labute approximate surface area is 97.1 Å². The van der Waals surface area contributed by atoms with Gasteiger partial charge in [-0.05, 0) is 6.42 Å². The van der Waals surface area contributed by atoms with Crippen molar-refractivity contribution >= 4 is 13.5 Å². The van der Waals surface area contributed by atoms with E-state index in [9.17, 15) is 22.4 Å². The number of hydrogen-bond donors (Lipinski definition) is 1. The first-order valence-electron chi connectivity index (χ1n) is 5.04. The second-order valence-corrected chi connectivity index (χ2v) is 3.25. The van der Waals surface area contributed by atoms with Gasteiger partial charge in [-0.3, -0.25) is 0 Å². The Hall–Kier alpha value is -1.31. The van der Waals surface area contributed by atoms with Gasteiger partial charge < -0.3 is 22.4 Å². The van der Waals surface area contributed by atoms with Crippen molar-refractivity contribution in [1.29, 1.82) is 0 Å². The van der Waals surface area contributed by atoms with Crippen molar-refractivity contribution in [3.8, 4) is 0 Å². The van der Waals surface area contributed by atoms with Crippen LogP contribution in [0, 0.1) is 0 Å². The Morgan fingerprint density at radius 3 is 2.35 bits per heavy atom. The van der Waals surface area contributed by atoms with Crippen LogP contribution in [0.15, 0.2) is 25.3 Å². The van der Waals surface area contributed by atoms with Gasteiger partial charge >= 0.3 is 7.25 Å². The van der Waals surface area contributed by atoms with Crippen LogP contribution in [0.4, 0.5) is 17.3 Å². The van der Waals surface area contributed by atoms with Gasteiger partial charge in [-0.1, -0.05) is 13.5 Å². The smallest absolute Gasteiger partial charge is 0.418 e. The van der Waals surface area contributed by atoms with Crippen LogP contribution in [0.2, 0.25) is 0 Å². The Morgan fingerprint density at radius 2 is 2.00 bits per heavy atom.